The molecule has 3 saturated heterocycles. The van der Waals surface area contributed by atoms with E-state index in [0.29, 0.717) is 16.4 Å². The maximum atomic E-state index is 13.0. The van der Waals surface area contributed by atoms with Crippen molar-refractivity contribution in [3.8, 4) is 0 Å². The highest BCUT2D eigenvalue weighted by Crippen LogP contribution is 2.48. The van der Waals surface area contributed by atoms with Gasteiger partial charge in [0.05, 0.1) is 18.1 Å². The average molecular weight is 546 g/mol. The van der Waals surface area contributed by atoms with Gasteiger partial charge >= 0.3 is 17.9 Å². The highest BCUT2D eigenvalue weighted by atomic mass is 32.2. The molecule has 0 unspecified atom stereocenters. The molecule has 3 aliphatic rings. The number of carbonyl (C=O) groups is 5. The molecule has 0 radical (unpaired) electrons. The van der Waals surface area contributed by atoms with Gasteiger partial charge in [0.15, 0.2) is 20.3 Å². The highest BCUT2D eigenvalue weighted by molar-refractivity contribution is 7.92. The number of nitrogens with zero attached hydrogens (tertiary/aromatic N) is 4. The number of carbonyl (C=O) groups excluding carboxylic acids is 3. The van der Waals surface area contributed by atoms with E-state index in [2.05, 4.69) is 19.8 Å². The number of fused-ring (bicyclic) bond motifs is 3. The molecule has 17 nitrogen and oxygen atoms in total. The van der Waals surface area contributed by atoms with Gasteiger partial charge in [-0.05, 0) is 13.8 Å². The van der Waals surface area contributed by atoms with E-state index >= 15 is 0 Å². The number of aliphatic carboxylic acids is 2. The molecule has 1 aromatic rings. The fourth-order valence-electron chi connectivity index (χ4n) is 4.00. The van der Waals surface area contributed by atoms with E-state index < -0.39 is 91.9 Å². The lowest BCUT2D eigenvalue weighted by atomic mass is 9.89. The minimum atomic E-state index is -4.24. The van der Waals surface area contributed by atoms with Crippen molar-refractivity contribution >= 4 is 61.9 Å². The second kappa shape index (κ2) is 8.08. The second-order valence-electron chi connectivity index (χ2n) is 8.56. The van der Waals surface area contributed by atoms with Gasteiger partial charge in [0, 0.05) is 11.5 Å². The Bertz CT molecular complexity index is 1340. The molecule has 5 N–H and O–H groups in total. The topological polar surface area (TPSA) is 258 Å². The first-order valence-corrected chi connectivity index (χ1v) is 12.5. The number of nitrogens with two attached hydrogens (primary N) is 1. The van der Waals surface area contributed by atoms with Gasteiger partial charge in [0.25, 0.3) is 17.5 Å². The summed E-state index contributed by atoms with van der Waals surface area (Å²) in [5, 5.41) is 22.6. The average Bonchev–Trinajstić information content (AvgIpc) is 3.32. The number of carboxylic acid groups (broad SMARTS) is 2. The summed E-state index contributed by atoms with van der Waals surface area (Å²) in [5.41, 5.74) is 0.363. The van der Waals surface area contributed by atoms with Crippen LogP contribution in [0.2, 0.25) is 0 Å². The van der Waals surface area contributed by atoms with Crippen LogP contribution in [-0.2, 0) is 43.4 Å². The fraction of sp³-hybridized carbons (Fsp3) is 0.529. The van der Waals surface area contributed by atoms with Gasteiger partial charge in [0.2, 0.25) is 17.1 Å². The number of rotatable bonds is 7. The van der Waals surface area contributed by atoms with Crippen molar-refractivity contribution in [3.63, 3.8) is 0 Å². The first kappa shape index (κ1) is 25.2. The first-order chi connectivity index (χ1) is 16.6. The minimum Gasteiger partial charge on any atom is -0.478 e. The molecule has 36 heavy (non-hydrogen) atoms. The minimum absolute atomic E-state index is 0.0961. The van der Waals surface area contributed by atoms with Gasteiger partial charge in [0.1, 0.15) is 6.04 Å². The third-order valence-electron chi connectivity index (χ3n) is 5.78. The molecular formula is C17H18N6O11S2. The lowest BCUT2D eigenvalue weighted by Crippen LogP contribution is -2.84. The van der Waals surface area contributed by atoms with Crippen LogP contribution in [0.1, 0.15) is 26.1 Å². The Morgan fingerprint density at radius 3 is 2.56 bits per heavy atom. The standard InChI is InChI=1S/C17H18N6O11S2/c1-16(2,13(27)28)34-21-7(9-20-15(18)35-22-9)10(25)19-8-11(26)23-12(8)36(31,32)4-5-3-6(24)33-17(5,23)14(29)30/h5,8,12H,3-4H2,1-2H3,(H,19,25)(H,27,28)(H,29,30)(H2,18,20,22)/b21-7-/t5-,8+,12+,17+/m0/s1. The maximum absolute atomic E-state index is 13.0. The SMILES string of the molecule is CC(C)(O/N=C(\C(=O)N[C@@H]1C(=O)N2[C@@H]1S(=O)(=O)C[C@@H]1CC(=O)O[C@@]12C(=O)O)c1nsc(N)n1)C(=O)O. The molecule has 0 spiro atoms. The number of nitrogens with one attached hydrogen (secondary N) is 1. The van der Waals surface area contributed by atoms with Crippen LogP contribution in [0.5, 0.6) is 0 Å². The number of hydrogen-bond donors (Lipinski definition) is 4. The second-order valence-corrected chi connectivity index (χ2v) is 11.5. The number of amides is 2. The molecule has 4 rings (SSSR count). The third kappa shape index (κ3) is 3.70. The monoisotopic (exact) mass is 546 g/mol. The number of nitrogen functional groups attached to an aromatic ring is 1. The first-order valence-electron chi connectivity index (χ1n) is 10.0. The summed E-state index contributed by atoms with van der Waals surface area (Å²) in [6.45, 7) is 2.26. The molecule has 1 aromatic heterocycles. The summed E-state index contributed by atoms with van der Waals surface area (Å²) in [4.78, 5) is 70.3. The lowest BCUT2D eigenvalue weighted by molar-refractivity contribution is -0.216. The van der Waals surface area contributed by atoms with Crippen molar-refractivity contribution in [2.24, 2.45) is 11.1 Å². The van der Waals surface area contributed by atoms with Crippen molar-refractivity contribution in [2.45, 2.75) is 43.0 Å². The molecule has 0 aliphatic carbocycles. The highest BCUT2D eigenvalue weighted by Gasteiger charge is 2.75. The van der Waals surface area contributed by atoms with Gasteiger partial charge in [-0.1, -0.05) is 5.16 Å². The third-order valence-corrected chi connectivity index (χ3v) is 8.41. The zero-order valence-electron chi connectivity index (χ0n) is 18.4. The normalized spacial score (nSPS) is 28.9. The number of anilines is 1. The van der Waals surface area contributed by atoms with Gasteiger partial charge in [-0.25, -0.2) is 18.0 Å². The zero-order chi connectivity index (χ0) is 26.8. The van der Waals surface area contributed by atoms with E-state index in [1.165, 1.54) is 0 Å². The van der Waals surface area contributed by atoms with Crippen molar-refractivity contribution in [2.75, 3.05) is 11.5 Å². The Morgan fingerprint density at radius 2 is 2.00 bits per heavy atom. The number of hydrogen-bond acceptors (Lipinski definition) is 14. The summed E-state index contributed by atoms with van der Waals surface area (Å²) >= 11 is 0.659. The van der Waals surface area contributed by atoms with Crippen LogP contribution in [0.4, 0.5) is 5.13 Å². The molecule has 3 fully saturated rings. The van der Waals surface area contributed by atoms with Crippen LogP contribution in [0, 0.1) is 5.92 Å². The molecule has 0 saturated carbocycles. The number of β-lactam (4-membered cyclic amide) rings is 1. The summed E-state index contributed by atoms with van der Waals surface area (Å²) < 4.78 is 34.5. The van der Waals surface area contributed by atoms with Crippen LogP contribution in [-0.4, -0.2) is 96.8 Å². The van der Waals surface area contributed by atoms with Gasteiger partial charge in [-0.15, -0.1) is 0 Å². The Kier molecular flexibility index (Phi) is 5.66. The Hall–Kier alpha value is -3.87. The van der Waals surface area contributed by atoms with Crippen molar-refractivity contribution in [3.05, 3.63) is 5.82 Å². The van der Waals surface area contributed by atoms with Crippen molar-refractivity contribution < 1.29 is 52.2 Å². The quantitative estimate of drug-likeness (QED) is 0.116. The molecule has 0 bridgehead atoms. The number of carboxylic acids is 2. The number of sulfone groups is 1. The van der Waals surface area contributed by atoms with Crippen molar-refractivity contribution in [1.82, 2.24) is 19.6 Å². The predicted octanol–water partition coefficient (Wildman–Crippen LogP) is -2.87. The van der Waals surface area contributed by atoms with Crippen LogP contribution in [0.3, 0.4) is 0 Å². The van der Waals surface area contributed by atoms with Crippen LogP contribution in [0.25, 0.3) is 0 Å². The molecule has 0 aromatic carbocycles. The number of esters is 1. The van der Waals surface area contributed by atoms with Crippen molar-refractivity contribution in [1.29, 1.82) is 0 Å². The van der Waals surface area contributed by atoms with E-state index in [-0.39, 0.29) is 5.13 Å². The molecule has 4 heterocycles. The Labute approximate surface area is 205 Å². The summed E-state index contributed by atoms with van der Waals surface area (Å²) in [7, 11) is -4.24. The summed E-state index contributed by atoms with van der Waals surface area (Å²) in [5.74, 6) is -9.06. The molecular weight excluding hydrogens is 528 g/mol. The van der Waals surface area contributed by atoms with Crippen LogP contribution >= 0.6 is 11.5 Å². The van der Waals surface area contributed by atoms with Gasteiger partial charge < -0.3 is 30.8 Å². The fourth-order valence-corrected chi connectivity index (χ4v) is 6.71. The van der Waals surface area contributed by atoms with E-state index in [1.54, 1.807) is 0 Å². The molecule has 2 amide bonds. The predicted molar refractivity (Wildman–Crippen MR) is 115 cm³/mol. The summed E-state index contributed by atoms with van der Waals surface area (Å²) in [6, 6.07) is -1.78. The zero-order valence-corrected chi connectivity index (χ0v) is 20.0. The lowest BCUT2D eigenvalue weighted by Gasteiger charge is -2.56. The molecule has 4 atom stereocenters. The largest absolute Gasteiger partial charge is 0.478 e. The van der Waals surface area contributed by atoms with Crippen LogP contribution < -0.4 is 11.1 Å². The van der Waals surface area contributed by atoms with E-state index in [1.807, 2.05) is 0 Å². The number of ether oxygens (including phenoxy) is 1. The molecule has 3 aliphatic heterocycles. The number of oxime groups is 1. The van der Waals surface area contributed by atoms with Gasteiger partial charge in [-0.2, -0.15) is 9.36 Å². The van der Waals surface area contributed by atoms with E-state index in [9.17, 15) is 42.6 Å². The smallest absolute Gasteiger partial charge is 0.370 e. The number of aromatic nitrogens is 2. The van der Waals surface area contributed by atoms with E-state index in [4.69, 9.17) is 15.3 Å². The van der Waals surface area contributed by atoms with Crippen LogP contribution in [0.15, 0.2) is 5.16 Å². The molecule has 19 heteroatoms. The van der Waals surface area contributed by atoms with Gasteiger partial charge in [-0.3, -0.25) is 19.3 Å². The maximum Gasteiger partial charge on any atom is 0.370 e. The van der Waals surface area contributed by atoms with E-state index in [0.717, 1.165) is 13.8 Å². The molecule has 194 valence electrons. The Morgan fingerprint density at radius 1 is 1.33 bits per heavy atom. The Balaban J connectivity index is 1.66. The summed E-state index contributed by atoms with van der Waals surface area (Å²) in [6.07, 6.45) is -0.524.